The van der Waals surface area contributed by atoms with Crippen molar-refractivity contribution in [2.24, 2.45) is 5.92 Å². The quantitative estimate of drug-likeness (QED) is 0.857. The summed E-state index contributed by atoms with van der Waals surface area (Å²) in [6.45, 7) is 6.69. The van der Waals surface area contributed by atoms with Crippen molar-refractivity contribution < 1.29 is 9.47 Å². The second kappa shape index (κ2) is 7.01. The van der Waals surface area contributed by atoms with Crippen LogP contribution in [0.15, 0.2) is 18.2 Å². The van der Waals surface area contributed by atoms with Gasteiger partial charge in [-0.3, -0.25) is 0 Å². The van der Waals surface area contributed by atoms with E-state index in [1.165, 1.54) is 0 Å². The highest BCUT2D eigenvalue weighted by Crippen LogP contribution is 2.29. The van der Waals surface area contributed by atoms with Crippen molar-refractivity contribution in [1.29, 1.82) is 0 Å². The van der Waals surface area contributed by atoms with Crippen LogP contribution in [0.2, 0.25) is 5.02 Å². The Morgan fingerprint density at radius 3 is 3.00 bits per heavy atom. The van der Waals surface area contributed by atoms with Crippen molar-refractivity contribution in [2.45, 2.75) is 32.7 Å². The predicted molar refractivity (Wildman–Crippen MR) is 79.2 cm³/mol. The third kappa shape index (κ3) is 4.02. The van der Waals surface area contributed by atoms with Gasteiger partial charge in [0.25, 0.3) is 0 Å². The molecule has 1 heterocycles. The minimum atomic E-state index is 0.390. The molecule has 106 valence electrons. The lowest BCUT2D eigenvalue weighted by atomic mass is 10.0. The second-order valence-corrected chi connectivity index (χ2v) is 5.46. The predicted octanol–water partition coefficient (Wildman–Crippen LogP) is 3.97. The molecular weight excluding hydrogens is 262 g/mol. The lowest BCUT2D eigenvalue weighted by Crippen LogP contribution is -2.26. The van der Waals surface area contributed by atoms with Gasteiger partial charge in [0.2, 0.25) is 0 Å². The number of hydrogen-bond donors (Lipinski definition) is 1. The van der Waals surface area contributed by atoms with Gasteiger partial charge < -0.3 is 14.8 Å². The maximum absolute atomic E-state index is 6.22. The maximum Gasteiger partial charge on any atom is 0.138 e. The number of nitrogens with one attached hydrogen (secondary N) is 1. The third-order valence-electron chi connectivity index (χ3n) is 3.46. The molecule has 0 aliphatic carbocycles. The summed E-state index contributed by atoms with van der Waals surface area (Å²) in [5, 5.41) is 4.15. The molecule has 19 heavy (non-hydrogen) atoms. The molecule has 1 saturated heterocycles. The van der Waals surface area contributed by atoms with Crippen molar-refractivity contribution in [3.63, 3.8) is 0 Å². The van der Waals surface area contributed by atoms with E-state index < -0.39 is 0 Å². The summed E-state index contributed by atoms with van der Waals surface area (Å²) in [7, 11) is 0. The first-order valence-electron chi connectivity index (χ1n) is 6.97. The first-order chi connectivity index (χ1) is 9.20. The smallest absolute Gasteiger partial charge is 0.138 e. The highest BCUT2D eigenvalue weighted by atomic mass is 35.5. The Morgan fingerprint density at radius 1 is 1.53 bits per heavy atom. The standard InChI is InChI=1S/C15H22ClNO2/c1-3-7-19-15-5-4-13(9-14(15)16)17-11(2)12-6-8-18-10-12/h4-5,9,11-12,17H,3,6-8,10H2,1-2H3. The first kappa shape index (κ1) is 14.5. The topological polar surface area (TPSA) is 30.5 Å². The van der Waals surface area contributed by atoms with Gasteiger partial charge >= 0.3 is 0 Å². The third-order valence-corrected chi connectivity index (χ3v) is 3.76. The molecule has 0 aromatic heterocycles. The monoisotopic (exact) mass is 283 g/mol. The first-order valence-corrected chi connectivity index (χ1v) is 7.35. The minimum Gasteiger partial charge on any atom is -0.492 e. The van der Waals surface area contributed by atoms with Gasteiger partial charge in [-0.1, -0.05) is 18.5 Å². The molecule has 0 spiro atoms. The van der Waals surface area contributed by atoms with Gasteiger partial charge in [-0.25, -0.2) is 0 Å². The summed E-state index contributed by atoms with van der Waals surface area (Å²) in [5.41, 5.74) is 1.04. The second-order valence-electron chi connectivity index (χ2n) is 5.05. The maximum atomic E-state index is 6.22. The fraction of sp³-hybridized carbons (Fsp3) is 0.600. The Balaban J connectivity index is 1.95. The molecule has 1 aromatic rings. The molecule has 2 rings (SSSR count). The molecule has 2 atom stereocenters. The zero-order valence-corrected chi connectivity index (χ0v) is 12.4. The molecule has 0 amide bonds. The molecule has 1 N–H and O–H groups in total. The average molecular weight is 284 g/mol. The van der Waals surface area contributed by atoms with Crippen LogP contribution in [0.4, 0.5) is 5.69 Å². The summed E-state index contributed by atoms with van der Waals surface area (Å²) >= 11 is 6.22. The molecule has 3 nitrogen and oxygen atoms in total. The van der Waals surface area contributed by atoms with Crippen molar-refractivity contribution in [3.05, 3.63) is 23.2 Å². The lowest BCUT2D eigenvalue weighted by molar-refractivity contribution is 0.183. The number of halogens is 1. The van der Waals surface area contributed by atoms with Gasteiger partial charge in [-0.15, -0.1) is 0 Å². The van der Waals surface area contributed by atoms with E-state index in [0.717, 1.165) is 37.5 Å². The molecule has 1 aliphatic heterocycles. The van der Waals surface area contributed by atoms with Gasteiger partial charge in [0.15, 0.2) is 0 Å². The Bertz CT molecular complexity index is 405. The van der Waals surface area contributed by atoms with E-state index in [0.29, 0.717) is 23.6 Å². The Hall–Kier alpha value is -0.930. The molecule has 0 bridgehead atoms. The summed E-state index contributed by atoms with van der Waals surface area (Å²) in [5.74, 6) is 1.33. The largest absolute Gasteiger partial charge is 0.492 e. The van der Waals surface area contributed by atoms with Crippen LogP contribution < -0.4 is 10.1 Å². The summed E-state index contributed by atoms with van der Waals surface area (Å²) < 4.78 is 11.0. The Kier molecular flexibility index (Phi) is 5.34. The van der Waals surface area contributed by atoms with Crippen LogP contribution in [0.1, 0.15) is 26.7 Å². The fourth-order valence-corrected chi connectivity index (χ4v) is 2.48. The van der Waals surface area contributed by atoms with Gasteiger partial charge in [0.1, 0.15) is 5.75 Å². The highest BCUT2D eigenvalue weighted by molar-refractivity contribution is 6.32. The van der Waals surface area contributed by atoms with Crippen LogP contribution in [0.25, 0.3) is 0 Å². The zero-order valence-electron chi connectivity index (χ0n) is 11.6. The van der Waals surface area contributed by atoms with E-state index in [-0.39, 0.29) is 0 Å². The van der Waals surface area contributed by atoms with Crippen molar-refractivity contribution in [1.82, 2.24) is 0 Å². The van der Waals surface area contributed by atoms with Crippen LogP contribution in [-0.2, 0) is 4.74 Å². The number of rotatable bonds is 6. The lowest BCUT2D eigenvalue weighted by Gasteiger charge is -2.21. The van der Waals surface area contributed by atoms with Gasteiger partial charge in [0.05, 0.1) is 18.2 Å². The fourth-order valence-electron chi connectivity index (χ4n) is 2.25. The summed E-state index contributed by atoms with van der Waals surface area (Å²) in [4.78, 5) is 0. The van der Waals surface area contributed by atoms with Crippen LogP contribution in [0, 0.1) is 5.92 Å². The number of ether oxygens (including phenoxy) is 2. The van der Waals surface area contributed by atoms with E-state index in [1.807, 2.05) is 18.2 Å². The molecule has 0 radical (unpaired) electrons. The number of benzene rings is 1. The Labute approximate surface area is 120 Å². The minimum absolute atomic E-state index is 0.390. The van der Waals surface area contributed by atoms with Crippen molar-refractivity contribution in [3.8, 4) is 5.75 Å². The molecular formula is C15H22ClNO2. The van der Waals surface area contributed by atoms with Gasteiger partial charge in [0, 0.05) is 24.3 Å². The van der Waals surface area contributed by atoms with Crippen molar-refractivity contribution >= 4 is 17.3 Å². The van der Waals surface area contributed by atoms with Gasteiger partial charge in [-0.2, -0.15) is 0 Å². The van der Waals surface area contributed by atoms with E-state index in [9.17, 15) is 0 Å². The van der Waals surface area contributed by atoms with E-state index in [1.54, 1.807) is 0 Å². The number of anilines is 1. The summed E-state index contributed by atoms with van der Waals surface area (Å²) in [6, 6.07) is 6.27. The SMILES string of the molecule is CCCOc1ccc(NC(C)C2CCOC2)cc1Cl. The molecule has 2 unspecified atom stereocenters. The molecule has 1 aromatic carbocycles. The van der Waals surface area contributed by atoms with E-state index in [4.69, 9.17) is 21.1 Å². The van der Waals surface area contributed by atoms with Crippen LogP contribution in [0.5, 0.6) is 5.75 Å². The van der Waals surface area contributed by atoms with E-state index >= 15 is 0 Å². The summed E-state index contributed by atoms with van der Waals surface area (Å²) in [6.07, 6.45) is 2.11. The highest BCUT2D eigenvalue weighted by Gasteiger charge is 2.22. The normalized spacial score (nSPS) is 20.3. The van der Waals surface area contributed by atoms with Crippen LogP contribution in [-0.4, -0.2) is 25.9 Å². The zero-order chi connectivity index (χ0) is 13.7. The Morgan fingerprint density at radius 2 is 2.37 bits per heavy atom. The molecule has 1 fully saturated rings. The molecule has 0 saturated carbocycles. The average Bonchev–Trinajstić information content (AvgIpc) is 2.92. The van der Waals surface area contributed by atoms with Crippen LogP contribution >= 0.6 is 11.6 Å². The van der Waals surface area contributed by atoms with Crippen molar-refractivity contribution in [2.75, 3.05) is 25.1 Å². The number of hydrogen-bond acceptors (Lipinski definition) is 3. The van der Waals surface area contributed by atoms with E-state index in [2.05, 4.69) is 19.2 Å². The van der Waals surface area contributed by atoms with Gasteiger partial charge in [-0.05, 0) is 38.0 Å². The van der Waals surface area contributed by atoms with Crippen LogP contribution in [0.3, 0.4) is 0 Å². The molecule has 4 heteroatoms. The molecule has 1 aliphatic rings.